The van der Waals surface area contributed by atoms with Crippen molar-refractivity contribution in [3.05, 3.63) is 23.5 Å². The Hall–Kier alpha value is -1.66. The van der Waals surface area contributed by atoms with Gasteiger partial charge >= 0.3 is 5.97 Å². The van der Waals surface area contributed by atoms with Crippen LogP contribution in [0.2, 0.25) is 0 Å². The van der Waals surface area contributed by atoms with Crippen LogP contribution in [0.25, 0.3) is 0 Å². The van der Waals surface area contributed by atoms with E-state index in [2.05, 4.69) is 9.72 Å². The number of carbonyl (C=O) groups is 1. The molecule has 0 saturated heterocycles. The normalized spacial score (nSPS) is 10.4. The molecular formula is C11H15NO5. The monoisotopic (exact) mass is 241 g/mol. The van der Waals surface area contributed by atoms with E-state index in [4.69, 9.17) is 14.2 Å². The van der Waals surface area contributed by atoms with Crippen LogP contribution in [-0.2, 0) is 14.2 Å². The Morgan fingerprint density at radius 1 is 1.18 bits per heavy atom. The largest absolute Gasteiger partial charge is 0.494 e. The predicted molar refractivity (Wildman–Crippen MR) is 58.9 cm³/mol. The van der Waals surface area contributed by atoms with Gasteiger partial charge in [-0.1, -0.05) is 0 Å². The molecule has 1 aromatic rings. The van der Waals surface area contributed by atoms with Crippen LogP contribution in [0.1, 0.15) is 22.5 Å². The SMILES string of the molecule is COC(=O)c1nc(C(OC)OC)ccc1OC. The van der Waals surface area contributed by atoms with Crippen LogP contribution in [0.4, 0.5) is 0 Å². The average Bonchev–Trinajstić information content (AvgIpc) is 2.39. The molecule has 0 spiro atoms. The van der Waals surface area contributed by atoms with Crippen LogP contribution < -0.4 is 4.74 Å². The maximum absolute atomic E-state index is 11.5. The Morgan fingerprint density at radius 3 is 2.29 bits per heavy atom. The van der Waals surface area contributed by atoms with Gasteiger partial charge in [-0.2, -0.15) is 0 Å². The zero-order valence-electron chi connectivity index (χ0n) is 10.2. The van der Waals surface area contributed by atoms with Crippen molar-refractivity contribution in [3.63, 3.8) is 0 Å². The van der Waals surface area contributed by atoms with Crippen LogP contribution >= 0.6 is 0 Å². The molecule has 0 atom stereocenters. The summed E-state index contributed by atoms with van der Waals surface area (Å²) in [4.78, 5) is 15.6. The molecule has 0 radical (unpaired) electrons. The highest BCUT2D eigenvalue weighted by molar-refractivity contribution is 5.90. The van der Waals surface area contributed by atoms with Crippen molar-refractivity contribution in [2.24, 2.45) is 0 Å². The Bertz CT molecular complexity index is 389. The number of ether oxygens (including phenoxy) is 4. The van der Waals surface area contributed by atoms with E-state index >= 15 is 0 Å². The van der Waals surface area contributed by atoms with Crippen molar-refractivity contribution in [2.75, 3.05) is 28.4 Å². The smallest absolute Gasteiger partial charge is 0.360 e. The molecule has 0 aliphatic rings. The van der Waals surface area contributed by atoms with Gasteiger partial charge in [0.25, 0.3) is 0 Å². The molecule has 6 nitrogen and oxygen atoms in total. The highest BCUT2D eigenvalue weighted by Crippen LogP contribution is 2.22. The number of rotatable bonds is 5. The number of esters is 1. The number of aromatic nitrogens is 1. The number of hydrogen-bond donors (Lipinski definition) is 0. The summed E-state index contributed by atoms with van der Waals surface area (Å²) in [6.45, 7) is 0. The third-order valence-electron chi connectivity index (χ3n) is 2.15. The highest BCUT2D eigenvalue weighted by Gasteiger charge is 2.19. The molecule has 1 rings (SSSR count). The second kappa shape index (κ2) is 6.17. The zero-order chi connectivity index (χ0) is 12.8. The maximum Gasteiger partial charge on any atom is 0.360 e. The minimum atomic E-state index is -0.635. The summed E-state index contributed by atoms with van der Waals surface area (Å²) in [5.74, 6) is -0.235. The average molecular weight is 241 g/mol. The molecule has 1 heterocycles. The van der Waals surface area contributed by atoms with E-state index in [-0.39, 0.29) is 5.69 Å². The molecule has 0 aliphatic heterocycles. The summed E-state index contributed by atoms with van der Waals surface area (Å²) >= 11 is 0. The molecular weight excluding hydrogens is 226 g/mol. The lowest BCUT2D eigenvalue weighted by atomic mass is 10.2. The van der Waals surface area contributed by atoms with E-state index in [0.29, 0.717) is 11.4 Å². The van der Waals surface area contributed by atoms with Gasteiger partial charge in [0, 0.05) is 14.2 Å². The van der Waals surface area contributed by atoms with Crippen LogP contribution in [0.5, 0.6) is 5.75 Å². The van der Waals surface area contributed by atoms with E-state index in [1.165, 1.54) is 28.4 Å². The Balaban J connectivity index is 3.16. The van der Waals surface area contributed by atoms with E-state index < -0.39 is 12.3 Å². The first-order valence-electron chi connectivity index (χ1n) is 4.86. The number of pyridine rings is 1. The van der Waals surface area contributed by atoms with Gasteiger partial charge in [-0.15, -0.1) is 0 Å². The van der Waals surface area contributed by atoms with E-state index in [1.54, 1.807) is 12.1 Å². The Kier molecular flexibility index (Phi) is 4.86. The summed E-state index contributed by atoms with van der Waals surface area (Å²) in [6.07, 6.45) is -0.635. The molecule has 0 fully saturated rings. The van der Waals surface area contributed by atoms with Gasteiger partial charge in [0.2, 0.25) is 6.29 Å². The summed E-state index contributed by atoms with van der Waals surface area (Å²) in [7, 11) is 5.70. The minimum Gasteiger partial charge on any atom is -0.494 e. The molecule has 0 unspecified atom stereocenters. The minimum absolute atomic E-state index is 0.0894. The summed E-state index contributed by atoms with van der Waals surface area (Å²) in [6, 6.07) is 3.27. The van der Waals surface area contributed by atoms with Gasteiger partial charge in [0.1, 0.15) is 0 Å². The van der Waals surface area contributed by atoms with Crippen LogP contribution in [-0.4, -0.2) is 39.4 Å². The molecule has 0 N–H and O–H groups in total. The standard InChI is InChI=1S/C11H15NO5/c1-14-8-6-5-7(11(16-3)17-4)12-9(8)10(13)15-2/h5-6,11H,1-4H3. The predicted octanol–water partition coefficient (Wildman–Crippen LogP) is 1.17. The molecule has 1 aromatic heterocycles. The second-order valence-electron chi connectivity index (χ2n) is 3.08. The Labute approximate surface area is 99.5 Å². The molecule has 17 heavy (non-hydrogen) atoms. The lowest BCUT2D eigenvalue weighted by Crippen LogP contribution is -2.12. The van der Waals surface area contributed by atoms with E-state index in [1.807, 2.05) is 0 Å². The quantitative estimate of drug-likeness (QED) is 0.569. The van der Waals surface area contributed by atoms with Crippen molar-refractivity contribution in [1.82, 2.24) is 4.98 Å². The molecule has 0 aliphatic carbocycles. The first kappa shape index (κ1) is 13.4. The lowest BCUT2D eigenvalue weighted by Gasteiger charge is -2.14. The molecule has 0 bridgehead atoms. The first-order chi connectivity index (χ1) is 8.17. The van der Waals surface area contributed by atoms with Crippen molar-refractivity contribution >= 4 is 5.97 Å². The number of hydrogen-bond acceptors (Lipinski definition) is 6. The number of carbonyl (C=O) groups excluding carboxylic acids is 1. The van der Waals surface area contributed by atoms with Crippen LogP contribution in [0.3, 0.4) is 0 Å². The van der Waals surface area contributed by atoms with Gasteiger partial charge in [-0.05, 0) is 12.1 Å². The number of methoxy groups -OCH3 is 4. The van der Waals surface area contributed by atoms with Crippen molar-refractivity contribution in [3.8, 4) is 5.75 Å². The summed E-state index contributed by atoms with van der Waals surface area (Å²) in [5, 5.41) is 0. The van der Waals surface area contributed by atoms with Gasteiger partial charge in [0.05, 0.1) is 19.9 Å². The third-order valence-corrected chi connectivity index (χ3v) is 2.15. The van der Waals surface area contributed by atoms with E-state index in [9.17, 15) is 4.79 Å². The fourth-order valence-corrected chi connectivity index (χ4v) is 1.34. The van der Waals surface area contributed by atoms with Gasteiger partial charge in [0.15, 0.2) is 11.4 Å². The fraction of sp³-hybridized carbons (Fsp3) is 0.455. The topological polar surface area (TPSA) is 66.9 Å². The van der Waals surface area contributed by atoms with Gasteiger partial charge in [-0.25, -0.2) is 9.78 Å². The van der Waals surface area contributed by atoms with Crippen LogP contribution in [0.15, 0.2) is 12.1 Å². The molecule has 94 valence electrons. The molecule has 0 amide bonds. The van der Waals surface area contributed by atoms with E-state index in [0.717, 1.165) is 0 Å². The third kappa shape index (κ3) is 2.92. The first-order valence-corrected chi connectivity index (χ1v) is 4.86. The van der Waals surface area contributed by atoms with Crippen molar-refractivity contribution < 1.29 is 23.7 Å². The summed E-state index contributed by atoms with van der Waals surface area (Å²) < 4.78 is 19.7. The molecule has 6 heteroatoms. The Morgan fingerprint density at radius 2 is 1.82 bits per heavy atom. The van der Waals surface area contributed by atoms with Crippen molar-refractivity contribution in [2.45, 2.75) is 6.29 Å². The molecule has 0 aromatic carbocycles. The second-order valence-corrected chi connectivity index (χ2v) is 3.08. The van der Waals surface area contributed by atoms with Crippen molar-refractivity contribution in [1.29, 1.82) is 0 Å². The lowest BCUT2D eigenvalue weighted by molar-refractivity contribution is -0.108. The van der Waals surface area contributed by atoms with Crippen LogP contribution in [0, 0.1) is 0 Å². The van der Waals surface area contributed by atoms with Gasteiger partial charge < -0.3 is 18.9 Å². The maximum atomic E-state index is 11.5. The highest BCUT2D eigenvalue weighted by atomic mass is 16.7. The summed E-state index contributed by atoms with van der Waals surface area (Å²) in [5.41, 5.74) is 0.558. The fourth-order valence-electron chi connectivity index (χ4n) is 1.34. The van der Waals surface area contributed by atoms with Gasteiger partial charge in [-0.3, -0.25) is 0 Å². The molecule has 0 saturated carbocycles. The number of nitrogens with zero attached hydrogens (tertiary/aromatic N) is 1. The zero-order valence-corrected chi connectivity index (χ0v) is 10.2.